The molecule has 1 aromatic carbocycles. The highest BCUT2D eigenvalue weighted by atomic mass is 32.2. The van der Waals surface area contributed by atoms with Crippen LogP contribution < -0.4 is 4.90 Å². The van der Waals surface area contributed by atoms with E-state index in [1.54, 1.807) is 13.8 Å². The standard InChI is InChI=1S/C24H31N5O3S/c1-7-28(8-2)18-12-10-17(11-13-18)22-26-27-24(29(22)9-3)33-14-19(30)21-15(4)20(16(5)25-21)23(31)32-6/h10-13,25H,7-9,14H2,1-6H3. The van der Waals surface area contributed by atoms with Gasteiger partial charge in [-0.05, 0) is 64.4 Å². The second kappa shape index (κ2) is 10.7. The lowest BCUT2D eigenvalue weighted by Crippen LogP contribution is -2.21. The van der Waals surface area contributed by atoms with Gasteiger partial charge in [-0.15, -0.1) is 10.2 Å². The predicted molar refractivity (Wildman–Crippen MR) is 131 cm³/mol. The highest BCUT2D eigenvalue weighted by Crippen LogP contribution is 2.27. The van der Waals surface area contributed by atoms with Crippen molar-refractivity contribution in [3.63, 3.8) is 0 Å². The maximum atomic E-state index is 12.9. The fraction of sp³-hybridized carbons (Fsp3) is 0.417. The molecule has 0 unspecified atom stereocenters. The lowest BCUT2D eigenvalue weighted by atomic mass is 10.1. The van der Waals surface area contributed by atoms with Gasteiger partial charge < -0.3 is 19.2 Å². The summed E-state index contributed by atoms with van der Waals surface area (Å²) >= 11 is 1.34. The van der Waals surface area contributed by atoms with Crippen molar-refractivity contribution in [2.75, 3.05) is 30.9 Å². The molecule has 8 nitrogen and oxygen atoms in total. The number of anilines is 1. The van der Waals surface area contributed by atoms with Crippen molar-refractivity contribution < 1.29 is 14.3 Å². The number of hydrogen-bond acceptors (Lipinski definition) is 7. The summed E-state index contributed by atoms with van der Waals surface area (Å²) in [4.78, 5) is 30.2. The van der Waals surface area contributed by atoms with E-state index in [9.17, 15) is 9.59 Å². The van der Waals surface area contributed by atoms with Crippen LogP contribution in [0.15, 0.2) is 29.4 Å². The minimum absolute atomic E-state index is 0.105. The molecule has 1 N–H and O–H groups in total. The quantitative estimate of drug-likeness (QED) is 0.265. The third-order valence-corrected chi connectivity index (χ3v) is 6.69. The molecule has 9 heteroatoms. The van der Waals surface area contributed by atoms with Crippen LogP contribution in [0.3, 0.4) is 0 Å². The number of methoxy groups -OCH3 is 1. The van der Waals surface area contributed by atoms with Crippen LogP contribution in [-0.4, -0.2) is 57.5 Å². The van der Waals surface area contributed by atoms with Gasteiger partial charge in [0.2, 0.25) is 0 Å². The van der Waals surface area contributed by atoms with Gasteiger partial charge in [0.25, 0.3) is 0 Å². The number of rotatable bonds is 10. The number of carbonyl (C=O) groups is 2. The Morgan fingerprint density at radius 3 is 2.33 bits per heavy atom. The van der Waals surface area contributed by atoms with Gasteiger partial charge in [-0.2, -0.15) is 0 Å². The van der Waals surface area contributed by atoms with E-state index < -0.39 is 5.97 Å². The van der Waals surface area contributed by atoms with Crippen LogP contribution in [0.5, 0.6) is 0 Å². The summed E-state index contributed by atoms with van der Waals surface area (Å²) in [5.41, 5.74) is 4.23. The molecule has 0 aliphatic heterocycles. The second-order valence-corrected chi connectivity index (χ2v) is 8.54. The molecule has 33 heavy (non-hydrogen) atoms. The highest BCUT2D eigenvalue weighted by Gasteiger charge is 2.23. The molecule has 0 atom stereocenters. The Kier molecular flexibility index (Phi) is 7.97. The van der Waals surface area contributed by atoms with Crippen LogP contribution in [0.4, 0.5) is 5.69 Å². The van der Waals surface area contributed by atoms with Crippen molar-refractivity contribution in [3.05, 3.63) is 46.8 Å². The van der Waals surface area contributed by atoms with Crippen LogP contribution in [-0.2, 0) is 11.3 Å². The monoisotopic (exact) mass is 469 g/mol. The summed E-state index contributed by atoms with van der Waals surface area (Å²) in [5.74, 6) is 0.403. The zero-order chi connectivity index (χ0) is 24.1. The topological polar surface area (TPSA) is 93.1 Å². The molecule has 3 rings (SSSR count). The SMILES string of the molecule is CCN(CC)c1ccc(-c2nnc(SCC(=O)c3[nH]c(C)c(C(=O)OC)c3C)n2CC)cc1. The number of thioether (sulfide) groups is 1. The molecule has 0 aliphatic rings. The van der Waals surface area contributed by atoms with E-state index in [1.807, 2.05) is 11.5 Å². The summed E-state index contributed by atoms with van der Waals surface area (Å²) in [7, 11) is 1.33. The van der Waals surface area contributed by atoms with Crippen LogP contribution in [0.1, 0.15) is 52.9 Å². The molecule has 0 aliphatic carbocycles. The first-order valence-corrected chi connectivity index (χ1v) is 12.1. The molecule has 176 valence electrons. The molecular weight excluding hydrogens is 438 g/mol. The van der Waals surface area contributed by atoms with Crippen molar-refractivity contribution in [2.45, 2.75) is 46.3 Å². The average Bonchev–Trinajstić information content (AvgIpc) is 3.38. The van der Waals surface area contributed by atoms with E-state index in [0.29, 0.717) is 34.2 Å². The van der Waals surface area contributed by atoms with Crippen molar-refractivity contribution >= 4 is 29.2 Å². The number of benzene rings is 1. The first-order valence-electron chi connectivity index (χ1n) is 11.1. The maximum absolute atomic E-state index is 12.9. The Labute approximate surface area is 198 Å². The first kappa shape index (κ1) is 24.6. The number of hydrogen-bond donors (Lipinski definition) is 1. The Bertz CT molecular complexity index is 1130. The smallest absolute Gasteiger partial charge is 0.339 e. The zero-order valence-corrected chi connectivity index (χ0v) is 20.9. The Balaban J connectivity index is 1.77. The summed E-state index contributed by atoms with van der Waals surface area (Å²) in [6.07, 6.45) is 0. The number of aromatic nitrogens is 4. The van der Waals surface area contributed by atoms with Crippen LogP contribution in [0.25, 0.3) is 11.4 Å². The fourth-order valence-corrected chi connectivity index (χ4v) is 4.82. The summed E-state index contributed by atoms with van der Waals surface area (Å²) < 4.78 is 6.84. The minimum atomic E-state index is -0.449. The number of carbonyl (C=O) groups excluding carboxylic acids is 2. The normalized spacial score (nSPS) is 11.0. The third kappa shape index (κ3) is 4.98. The van der Waals surface area contributed by atoms with Gasteiger partial charge in [-0.25, -0.2) is 4.79 Å². The molecule has 0 saturated heterocycles. The van der Waals surface area contributed by atoms with Gasteiger partial charge in [0.05, 0.1) is 24.1 Å². The van der Waals surface area contributed by atoms with E-state index in [2.05, 4.69) is 58.2 Å². The zero-order valence-electron chi connectivity index (χ0n) is 20.1. The van der Waals surface area contributed by atoms with Gasteiger partial charge in [-0.1, -0.05) is 11.8 Å². The minimum Gasteiger partial charge on any atom is -0.465 e. The lowest BCUT2D eigenvalue weighted by Gasteiger charge is -2.21. The maximum Gasteiger partial charge on any atom is 0.339 e. The number of ether oxygens (including phenoxy) is 1. The molecule has 0 saturated carbocycles. The molecule has 3 aromatic rings. The molecular formula is C24H31N5O3S. The summed E-state index contributed by atoms with van der Waals surface area (Å²) in [6, 6.07) is 8.32. The van der Waals surface area contributed by atoms with E-state index >= 15 is 0 Å². The van der Waals surface area contributed by atoms with Gasteiger partial charge in [-0.3, -0.25) is 4.79 Å². The van der Waals surface area contributed by atoms with Gasteiger partial charge in [0, 0.05) is 36.6 Å². The summed E-state index contributed by atoms with van der Waals surface area (Å²) in [6.45, 7) is 12.4. The number of nitrogens with zero attached hydrogens (tertiary/aromatic N) is 4. The van der Waals surface area contributed by atoms with E-state index in [4.69, 9.17) is 4.74 Å². The number of ketones is 1. The van der Waals surface area contributed by atoms with Crippen molar-refractivity contribution in [1.29, 1.82) is 0 Å². The number of aromatic amines is 1. The Morgan fingerprint density at radius 2 is 1.76 bits per heavy atom. The Hall–Kier alpha value is -3.07. The van der Waals surface area contributed by atoms with E-state index in [-0.39, 0.29) is 11.5 Å². The number of nitrogens with one attached hydrogen (secondary N) is 1. The molecule has 0 fully saturated rings. The average molecular weight is 470 g/mol. The predicted octanol–water partition coefficient (Wildman–Crippen LogP) is 4.52. The molecule has 0 bridgehead atoms. The van der Waals surface area contributed by atoms with Crippen LogP contribution >= 0.6 is 11.8 Å². The number of aryl methyl sites for hydroxylation is 1. The second-order valence-electron chi connectivity index (χ2n) is 7.60. The number of H-pyrrole nitrogens is 1. The van der Waals surface area contributed by atoms with Crippen molar-refractivity contribution in [1.82, 2.24) is 19.7 Å². The van der Waals surface area contributed by atoms with Crippen LogP contribution in [0, 0.1) is 13.8 Å². The summed E-state index contributed by atoms with van der Waals surface area (Å²) in [5, 5.41) is 9.41. The van der Waals surface area contributed by atoms with Gasteiger partial charge in [0.15, 0.2) is 16.8 Å². The van der Waals surface area contributed by atoms with E-state index in [0.717, 1.165) is 24.5 Å². The molecule has 0 radical (unpaired) electrons. The number of Topliss-reactive ketones (excluding diaryl/α,β-unsaturated/α-hetero) is 1. The lowest BCUT2D eigenvalue weighted by molar-refractivity contribution is 0.0599. The van der Waals surface area contributed by atoms with E-state index in [1.165, 1.54) is 24.6 Å². The van der Waals surface area contributed by atoms with Crippen molar-refractivity contribution in [3.8, 4) is 11.4 Å². The first-order chi connectivity index (χ1) is 15.9. The Morgan fingerprint density at radius 1 is 1.09 bits per heavy atom. The van der Waals surface area contributed by atoms with Crippen molar-refractivity contribution in [2.24, 2.45) is 0 Å². The highest BCUT2D eigenvalue weighted by molar-refractivity contribution is 7.99. The fourth-order valence-electron chi connectivity index (χ4n) is 3.94. The molecule has 2 heterocycles. The molecule has 2 aromatic heterocycles. The van der Waals surface area contributed by atoms with Gasteiger partial charge >= 0.3 is 5.97 Å². The van der Waals surface area contributed by atoms with Crippen LogP contribution in [0.2, 0.25) is 0 Å². The van der Waals surface area contributed by atoms with Gasteiger partial charge in [0.1, 0.15) is 0 Å². The number of esters is 1. The molecule has 0 amide bonds. The largest absolute Gasteiger partial charge is 0.465 e. The molecule has 0 spiro atoms. The third-order valence-electron chi connectivity index (χ3n) is 5.73.